The molecule has 0 saturated heterocycles. The molecule has 2 heteroatoms. The minimum atomic E-state index is 0.981. The molecule has 0 atom stereocenters. The molecule has 0 N–H and O–H groups in total. The van der Waals surface area contributed by atoms with E-state index in [2.05, 4.69) is 6.92 Å². The summed E-state index contributed by atoms with van der Waals surface area (Å²) in [5, 5.41) is 0. The monoisotopic (exact) mass is 275 g/mol. The first-order valence-electron chi connectivity index (χ1n) is 6.20. The van der Waals surface area contributed by atoms with Crippen molar-refractivity contribution in [3.63, 3.8) is 0 Å². The van der Waals surface area contributed by atoms with Crippen molar-refractivity contribution in [1.29, 1.82) is 0 Å². The van der Waals surface area contributed by atoms with Gasteiger partial charge in [-0.2, -0.15) is 0 Å². The Kier molecular flexibility index (Phi) is 14.7. The molecule has 0 aromatic rings. The summed E-state index contributed by atoms with van der Waals surface area (Å²) in [6, 6.07) is 0. The molecule has 0 aliphatic heterocycles. The van der Waals surface area contributed by atoms with Crippen LogP contribution in [0.2, 0.25) is 0 Å². The van der Waals surface area contributed by atoms with Crippen molar-refractivity contribution in [3.05, 3.63) is 0 Å². The molecule has 0 unspecified atom stereocenters. The van der Waals surface area contributed by atoms with Crippen LogP contribution < -0.4 is 0 Å². The van der Waals surface area contributed by atoms with E-state index in [1.807, 2.05) is 0 Å². The molecular weight excluding hydrogens is 251 g/mol. The van der Waals surface area contributed by atoms with Crippen LogP contribution in [0, 0.1) is 0 Å². The molecule has 1 nitrogen and oxygen atoms in total. The molecular formula is C12H25OZr. The topological polar surface area (TPSA) is 9.23 Å². The molecule has 0 fully saturated rings. The zero-order chi connectivity index (χ0) is 10.5. The third-order valence-corrected chi connectivity index (χ3v) is 3.10. The molecule has 83 valence electrons. The van der Waals surface area contributed by atoms with Gasteiger partial charge in [0.2, 0.25) is 0 Å². The molecule has 0 heterocycles. The maximum absolute atomic E-state index is 5.10. The Morgan fingerprint density at radius 3 is 1.57 bits per heavy atom. The zero-order valence-electron chi connectivity index (χ0n) is 9.69. The van der Waals surface area contributed by atoms with Crippen molar-refractivity contribution >= 4 is 0 Å². The molecule has 0 amide bonds. The summed E-state index contributed by atoms with van der Waals surface area (Å²) in [4.78, 5) is 0. The maximum atomic E-state index is 5.10. The van der Waals surface area contributed by atoms with Crippen molar-refractivity contribution < 1.29 is 28.0 Å². The predicted octanol–water partition coefficient (Wildman–Crippen LogP) is 4.39. The normalized spacial score (nSPS) is 10.6. The molecule has 0 aromatic heterocycles. The van der Waals surface area contributed by atoms with Crippen LogP contribution in [0.1, 0.15) is 71.1 Å². The summed E-state index contributed by atoms with van der Waals surface area (Å²) >= 11 is 1.22. The summed E-state index contributed by atoms with van der Waals surface area (Å²) in [6.07, 6.45) is 14.1. The Hall–Kier alpha value is 0.843. The van der Waals surface area contributed by atoms with E-state index in [1.165, 1.54) is 89.4 Å². The van der Waals surface area contributed by atoms with Crippen molar-refractivity contribution in [2.45, 2.75) is 71.1 Å². The van der Waals surface area contributed by atoms with E-state index in [9.17, 15) is 0 Å². The second-order valence-electron chi connectivity index (χ2n) is 4.03. The van der Waals surface area contributed by atoms with Gasteiger partial charge in [0, 0.05) is 0 Å². The van der Waals surface area contributed by atoms with E-state index in [4.69, 9.17) is 2.81 Å². The van der Waals surface area contributed by atoms with Gasteiger partial charge in [0.15, 0.2) is 0 Å². The quantitative estimate of drug-likeness (QED) is 0.509. The molecule has 0 aromatic carbocycles. The molecule has 0 rings (SSSR count). The number of hydrogen-bond acceptors (Lipinski definition) is 1. The molecule has 0 bridgehead atoms. The average molecular weight is 277 g/mol. The van der Waals surface area contributed by atoms with Gasteiger partial charge in [-0.3, -0.25) is 0 Å². The van der Waals surface area contributed by atoms with E-state index in [-0.39, 0.29) is 0 Å². The van der Waals surface area contributed by atoms with Gasteiger partial charge in [-0.15, -0.1) is 0 Å². The van der Waals surface area contributed by atoms with Crippen LogP contribution in [-0.4, -0.2) is 6.61 Å². The Balaban J connectivity index is 2.78. The molecule has 0 radical (unpaired) electrons. The van der Waals surface area contributed by atoms with E-state index in [0.717, 1.165) is 6.61 Å². The number of unbranched alkanes of at least 4 members (excludes halogenated alkanes) is 9. The summed E-state index contributed by atoms with van der Waals surface area (Å²) in [5.41, 5.74) is 0. The van der Waals surface area contributed by atoms with Crippen LogP contribution in [0.5, 0.6) is 0 Å². The van der Waals surface area contributed by atoms with E-state index in [1.54, 1.807) is 0 Å². The van der Waals surface area contributed by atoms with E-state index < -0.39 is 0 Å². The summed E-state index contributed by atoms with van der Waals surface area (Å²) in [6.45, 7) is 3.26. The fourth-order valence-corrected chi connectivity index (χ4v) is 2.02. The van der Waals surface area contributed by atoms with Gasteiger partial charge in [-0.1, -0.05) is 6.92 Å². The first-order chi connectivity index (χ1) is 6.91. The standard InChI is InChI=1S/C12H25O.Zr/c1-2-3-4-5-6-7-8-9-10-11-12-13;/h2-12H2,1H3;/q-1;+1. The Morgan fingerprint density at radius 2 is 1.14 bits per heavy atom. The average Bonchev–Trinajstić information content (AvgIpc) is 2.21. The third kappa shape index (κ3) is 12.8. The predicted molar refractivity (Wildman–Crippen MR) is 57.8 cm³/mol. The van der Waals surface area contributed by atoms with Crippen molar-refractivity contribution in [2.24, 2.45) is 0 Å². The second-order valence-corrected chi connectivity index (χ2v) is 4.74. The van der Waals surface area contributed by atoms with Gasteiger partial charge >= 0.3 is 98.8 Å². The summed E-state index contributed by atoms with van der Waals surface area (Å²) in [5.74, 6) is 0. The Labute approximate surface area is 105 Å². The molecule has 0 spiro atoms. The molecule has 0 saturated carbocycles. The van der Waals surface area contributed by atoms with E-state index >= 15 is 0 Å². The van der Waals surface area contributed by atoms with Crippen LogP contribution >= 0.6 is 0 Å². The van der Waals surface area contributed by atoms with Crippen LogP contribution in [0.15, 0.2) is 0 Å². The summed E-state index contributed by atoms with van der Waals surface area (Å²) in [7, 11) is 0. The summed E-state index contributed by atoms with van der Waals surface area (Å²) < 4.78 is 5.10. The SMILES string of the molecule is CCCCCCCCCCCC[O][Zr]. The fraction of sp³-hybridized carbons (Fsp3) is 1.00. The minimum absolute atomic E-state index is 0.981. The number of hydrogen-bond donors (Lipinski definition) is 0. The van der Waals surface area contributed by atoms with Gasteiger partial charge < -0.3 is 0 Å². The van der Waals surface area contributed by atoms with Crippen molar-refractivity contribution in [2.75, 3.05) is 6.61 Å². The Bertz CT molecular complexity index is 84.3. The van der Waals surface area contributed by atoms with Crippen molar-refractivity contribution in [3.8, 4) is 0 Å². The molecule has 0 aliphatic carbocycles. The first-order valence-corrected chi connectivity index (χ1v) is 7.20. The van der Waals surface area contributed by atoms with Crippen LogP contribution in [0.25, 0.3) is 0 Å². The van der Waals surface area contributed by atoms with Crippen LogP contribution in [-0.2, 0) is 28.0 Å². The first kappa shape index (κ1) is 14.8. The Morgan fingerprint density at radius 1 is 0.714 bits per heavy atom. The van der Waals surface area contributed by atoms with Crippen molar-refractivity contribution in [1.82, 2.24) is 0 Å². The third-order valence-electron chi connectivity index (χ3n) is 2.60. The van der Waals surface area contributed by atoms with Gasteiger partial charge in [0.25, 0.3) is 0 Å². The fourth-order valence-electron chi connectivity index (χ4n) is 1.66. The van der Waals surface area contributed by atoms with Gasteiger partial charge in [0.1, 0.15) is 0 Å². The van der Waals surface area contributed by atoms with Crippen LogP contribution in [0.3, 0.4) is 0 Å². The number of rotatable bonds is 11. The molecule has 0 aliphatic rings. The van der Waals surface area contributed by atoms with E-state index in [0.29, 0.717) is 0 Å². The zero-order valence-corrected chi connectivity index (χ0v) is 12.1. The van der Waals surface area contributed by atoms with Crippen LogP contribution in [0.4, 0.5) is 0 Å². The molecule has 14 heavy (non-hydrogen) atoms. The van der Waals surface area contributed by atoms with Gasteiger partial charge in [0.05, 0.1) is 0 Å². The van der Waals surface area contributed by atoms with Gasteiger partial charge in [-0.05, 0) is 0 Å². The second kappa shape index (κ2) is 13.8. The van der Waals surface area contributed by atoms with Gasteiger partial charge in [-0.25, -0.2) is 0 Å².